The molecule has 280 valence electrons. The lowest BCUT2D eigenvalue weighted by Crippen LogP contribution is -2.42. The highest BCUT2D eigenvalue weighted by Crippen LogP contribution is 2.47. The van der Waals surface area contributed by atoms with E-state index >= 15 is 0 Å². The van der Waals surface area contributed by atoms with E-state index in [4.69, 9.17) is 28.0 Å². The lowest BCUT2D eigenvalue weighted by atomic mass is 9.94. The van der Waals surface area contributed by atoms with E-state index in [9.17, 15) is 22.6 Å². The molecule has 1 atom stereocenters. The van der Waals surface area contributed by atoms with Crippen molar-refractivity contribution in [1.82, 2.24) is 9.44 Å². The maximum Gasteiger partial charge on any atom is 0.421 e. The summed E-state index contributed by atoms with van der Waals surface area (Å²) in [5, 5.41) is 0. The van der Waals surface area contributed by atoms with Crippen LogP contribution in [0.5, 0.6) is 11.5 Å². The predicted octanol–water partition coefficient (Wildman–Crippen LogP) is 6.81. The lowest BCUT2D eigenvalue weighted by Gasteiger charge is -2.29. The maximum atomic E-state index is 12.8. The van der Waals surface area contributed by atoms with Crippen LogP contribution < -0.4 is 18.9 Å². The molecule has 2 rings (SSSR count). The fourth-order valence-electron chi connectivity index (χ4n) is 5.22. The zero-order valence-corrected chi connectivity index (χ0v) is 34.8. The van der Waals surface area contributed by atoms with Gasteiger partial charge in [0.1, 0.15) is 23.7 Å². The first kappa shape index (κ1) is 43.0. The van der Waals surface area contributed by atoms with Gasteiger partial charge in [0.2, 0.25) is 0 Å². The summed E-state index contributed by atoms with van der Waals surface area (Å²) in [7, 11) is -9.44. The van der Waals surface area contributed by atoms with Crippen LogP contribution in [0.1, 0.15) is 54.2 Å². The van der Waals surface area contributed by atoms with Gasteiger partial charge in [0.05, 0.1) is 47.8 Å². The third-order valence-corrected chi connectivity index (χ3v) is 15.8. The van der Waals surface area contributed by atoms with E-state index in [2.05, 4.69) is 50.1 Å². The van der Waals surface area contributed by atoms with Gasteiger partial charge in [-0.05, 0) is 57.7 Å². The first-order valence-corrected chi connectivity index (χ1v) is 27.2. The van der Waals surface area contributed by atoms with Gasteiger partial charge in [-0.15, -0.1) is 0 Å². The average Bonchev–Trinajstić information content (AvgIpc) is 3.35. The molecule has 1 unspecified atom stereocenters. The van der Waals surface area contributed by atoms with Crippen molar-refractivity contribution in [3.8, 4) is 11.5 Å². The van der Waals surface area contributed by atoms with Crippen molar-refractivity contribution in [2.75, 3.05) is 46.2 Å². The second-order valence-corrected chi connectivity index (χ2v) is 29.2. The summed E-state index contributed by atoms with van der Waals surface area (Å²) in [6, 6.07) is 0.925. The van der Waals surface area contributed by atoms with E-state index in [0.29, 0.717) is 36.5 Å². The topological polar surface area (TPSA) is 165 Å². The number of ether oxygens (including phenoxy) is 4. The fourth-order valence-corrected chi connectivity index (χ4v) is 9.83. The molecular formula is C32H57N2O11PSSi2. The highest BCUT2D eigenvalue weighted by molar-refractivity contribution is 7.88. The van der Waals surface area contributed by atoms with Gasteiger partial charge in [0, 0.05) is 25.7 Å². The molecule has 1 aromatic rings. The monoisotopic (exact) mass is 764 g/mol. The van der Waals surface area contributed by atoms with E-state index in [1.165, 1.54) is 0 Å². The Morgan fingerprint density at radius 3 is 2.27 bits per heavy atom. The number of fused-ring (bicyclic) bond motifs is 1. The Morgan fingerprint density at radius 2 is 1.71 bits per heavy atom. The minimum Gasteiger partial charge on any atom is -0.496 e. The Morgan fingerprint density at radius 1 is 1.08 bits per heavy atom. The predicted molar refractivity (Wildman–Crippen MR) is 197 cm³/mol. The molecule has 0 saturated carbocycles. The van der Waals surface area contributed by atoms with Crippen molar-refractivity contribution in [2.24, 2.45) is 0 Å². The van der Waals surface area contributed by atoms with Gasteiger partial charge in [0.25, 0.3) is 0 Å². The Labute approximate surface area is 294 Å². The largest absolute Gasteiger partial charge is 0.496 e. The summed E-state index contributed by atoms with van der Waals surface area (Å²) < 4.78 is 74.8. The van der Waals surface area contributed by atoms with Gasteiger partial charge in [-0.25, -0.2) is 14.3 Å². The van der Waals surface area contributed by atoms with E-state index in [0.717, 1.165) is 28.3 Å². The Balaban J connectivity index is 2.16. The Kier molecular flexibility index (Phi) is 16.1. The summed E-state index contributed by atoms with van der Waals surface area (Å²) in [6.45, 7) is 21.2. The first-order chi connectivity index (χ1) is 22.7. The molecule has 0 aromatic heterocycles. The average molecular weight is 765 g/mol. The van der Waals surface area contributed by atoms with Crippen LogP contribution in [0.15, 0.2) is 11.6 Å². The van der Waals surface area contributed by atoms with Crippen molar-refractivity contribution >= 4 is 46.0 Å². The van der Waals surface area contributed by atoms with Crippen LogP contribution in [0.3, 0.4) is 0 Å². The summed E-state index contributed by atoms with van der Waals surface area (Å²) in [4.78, 5) is 25.4. The van der Waals surface area contributed by atoms with Crippen LogP contribution in [0.25, 0.3) is 0 Å². The highest BCUT2D eigenvalue weighted by atomic mass is 32.2. The second-order valence-electron chi connectivity index (χ2n) is 14.3. The third-order valence-electron chi connectivity index (χ3n) is 8.13. The molecule has 2 N–H and O–H groups in total. The smallest absolute Gasteiger partial charge is 0.421 e. The zero-order chi connectivity index (χ0) is 37.2. The molecule has 13 nitrogen and oxygen atoms in total. The SMILES string of the molecule is CCOP(=O)(CCNS(=O)(=O)NC(=O)OCC(CC(C)=CCc1c(OC)c(C)c2c(c1OCC[Si](C)(C)C)C(=O)OC2)[Si](C)(C)C)OCC. The number of rotatable bonds is 21. The molecular weight excluding hydrogens is 708 g/mol. The molecule has 1 aliphatic rings. The van der Waals surface area contributed by atoms with Gasteiger partial charge < -0.3 is 28.0 Å². The Hall–Kier alpha value is -2.21. The van der Waals surface area contributed by atoms with Crippen LogP contribution in [-0.2, 0) is 46.3 Å². The minimum absolute atomic E-state index is 0.0182. The van der Waals surface area contributed by atoms with Gasteiger partial charge in [-0.3, -0.25) is 4.57 Å². The third kappa shape index (κ3) is 13.5. The number of amides is 1. The molecule has 1 amide bonds. The van der Waals surface area contributed by atoms with Crippen LogP contribution >= 0.6 is 7.60 Å². The number of hydrogen-bond donors (Lipinski definition) is 2. The summed E-state index contributed by atoms with van der Waals surface area (Å²) >= 11 is 0. The molecule has 1 heterocycles. The Bertz CT molecular complexity index is 1500. The number of allylic oxidation sites excluding steroid dienone is 2. The molecule has 1 aromatic carbocycles. The van der Waals surface area contributed by atoms with E-state index < -0.39 is 46.0 Å². The molecule has 0 bridgehead atoms. The minimum atomic E-state index is -4.28. The first-order valence-electron chi connectivity index (χ1n) is 16.7. The summed E-state index contributed by atoms with van der Waals surface area (Å²) in [5.74, 6) is 0.782. The van der Waals surface area contributed by atoms with Crippen LogP contribution in [-0.4, -0.2) is 82.9 Å². The number of cyclic esters (lactones) is 1. The number of nitrogens with one attached hydrogen (secondary N) is 2. The van der Waals surface area contributed by atoms with Gasteiger partial charge >= 0.3 is 29.9 Å². The quantitative estimate of drug-likeness (QED) is 0.0585. The number of carbonyl (C=O) groups is 2. The normalized spacial score (nSPS) is 14.7. The number of esters is 1. The van der Waals surface area contributed by atoms with Gasteiger partial charge in [-0.2, -0.15) is 13.1 Å². The molecule has 0 aliphatic carbocycles. The molecule has 17 heteroatoms. The van der Waals surface area contributed by atoms with Crippen LogP contribution in [0, 0.1) is 6.92 Å². The van der Waals surface area contributed by atoms with E-state index in [1.54, 1.807) is 21.0 Å². The molecule has 0 fully saturated rings. The van der Waals surface area contributed by atoms with Crippen LogP contribution in [0.2, 0.25) is 50.9 Å². The summed E-state index contributed by atoms with van der Waals surface area (Å²) in [5.41, 5.74) is 3.90. The second kappa shape index (κ2) is 18.3. The molecule has 0 saturated heterocycles. The van der Waals surface area contributed by atoms with E-state index in [-0.39, 0.29) is 44.7 Å². The fraction of sp³-hybridized carbons (Fsp3) is 0.688. The zero-order valence-electron chi connectivity index (χ0n) is 31.1. The van der Waals surface area contributed by atoms with Gasteiger partial charge in [0.15, 0.2) is 0 Å². The highest BCUT2D eigenvalue weighted by Gasteiger charge is 2.34. The van der Waals surface area contributed by atoms with Crippen molar-refractivity contribution in [1.29, 1.82) is 0 Å². The standard InChI is InChI=1S/C32H57N2O11PSSi2/c1-12-44-46(37,45-13-2)18-16-33-47(38,39)34-32(36)43-21-25(49(9,10)11)20-23(3)14-15-26-29(40-5)24(4)27-22-42-31(35)28(27)30(26)41-17-19-48(6,7)8/h14,25,33H,12-13,15-22H2,1-11H3,(H,34,36). The van der Waals surface area contributed by atoms with Crippen LogP contribution in [0.4, 0.5) is 4.79 Å². The number of carbonyl (C=O) groups excluding carboxylic acids is 2. The molecule has 1 aliphatic heterocycles. The lowest BCUT2D eigenvalue weighted by molar-refractivity contribution is 0.0532. The van der Waals surface area contributed by atoms with Crippen molar-refractivity contribution < 1.29 is 50.6 Å². The summed E-state index contributed by atoms with van der Waals surface area (Å²) in [6.07, 6.45) is 1.82. The molecule has 0 spiro atoms. The molecule has 0 radical (unpaired) electrons. The van der Waals surface area contributed by atoms with Crippen molar-refractivity contribution in [3.05, 3.63) is 33.9 Å². The van der Waals surface area contributed by atoms with Crippen molar-refractivity contribution in [2.45, 2.75) is 98.0 Å². The van der Waals surface area contributed by atoms with Gasteiger partial charge in [-0.1, -0.05) is 50.9 Å². The number of hydrogen-bond acceptors (Lipinski definition) is 11. The number of benzene rings is 1. The maximum absolute atomic E-state index is 12.8. The molecule has 49 heavy (non-hydrogen) atoms. The van der Waals surface area contributed by atoms with E-state index in [1.807, 2.05) is 18.6 Å². The number of methoxy groups -OCH3 is 1. The van der Waals surface area contributed by atoms with Crippen molar-refractivity contribution in [3.63, 3.8) is 0 Å².